The molecule has 1 aromatic heterocycles. The van der Waals surface area contributed by atoms with Crippen LogP contribution in [0.25, 0.3) is 0 Å². The van der Waals surface area contributed by atoms with Crippen LogP contribution < -0.4 is 4.90 Å². The van der Waals surface area contributed by atoms with Crippen molar-refractivity contribution in [3.05, 3.63) is 60.4 Å². The van der Waals surface area contributed by atoms with Gasteiger partial charge in [0, 0.05) is 31.2 Å². The molecule has 2 rings (SSSR count). The lowest BCUT2D eigenvalue weighted by molar-refractivity contribution is -0.118. The van der Waals surface area contributed by atoms with Crippen LogP contribution in [-0.4, -0.2) is 43.0 Å². The van der Waals surface area contributed by atoms with Gasteiger partial charge in [0.25, 0.3) is 0 Å². The van der Waals surface area contributed by atoms with E-state index in [9.17, 15) is 13.2 Å². The number of pyridine rings is 1. The highest BCUT2D eigenvalue weighted by Crippen LogP contribution is 2.15. The van der Waals surface area contributed by atoms with Gasteiger partial charge in [-0.3, -0.25) is 9.78 Å². The van der Waals surface area contributed by atoms with Crippen LogP contribution in [0.15, 0.2) is 54.9 Å². The number of carbonyl (C=O) groups is 1. The van der Waals surface area contributed by atoms with Crippen molar-refractivity contribution in [1.82, 2.24) is 9.29 Å². The van der Waals surface area contributed by atoms with E-state index in [2.05, 4.69) is 4.98 Å². The van der Waals surface area contributed by atoms with Crippen molar-refractivity contribution in [2.45, 2.75) is 13.5 Å². The molecule has 0 N–H and O–H groups in total. The van der Waals surface area contributed by atoms with Crippen LogP contribution in [0.5, 0.6) is 0 Å². The molecule has 0 radical (unpaired) electrons. The molecule has 0 spiro atoms. The molecule has 0 aliphatic carbocycles. The molecule has 0 unspecified atom stereocenters. The highest BCUT2D eigenvalue weighted by atomic mass is 32.2. The van der Waals surface area contributed by atoms with Crippen LogP contribution in [0.2, 0.25) is 0 Å². The second kappa shape index (κ2) is 8.03. The van der Waals surface area contributed by atoms with Gasteiger partial charge in [-0.15, -0.1) is 0 Å². The lowest BCUT2D eigenvalue weighted by Gasteiger charge is -2.25. The molecule has 0 atom stereocenters. The van der Waals surface area contributed by atoms with Crippen LogP contribution >= 0.6 is 0 Å². The van der Waals surface area contributed by atoms with Crippen molar-refractivity contribution in [3.8, 4) is 0 Å². The van der Waals surface area contributed by atoms with Gasteiger partial charge < -0.3 is 4.90 Å². The van der Waals surface area contributed by atoms with Gasteiger partial charge in [-0.1, -0.05) is 24.3 Å². The largest absolute Gasteiger partial charge is 0.312 e. The summed E-state index contributed by atoms with van der Waals surface area (Å²) in [6.45, 7) is 2.23. The Balaban J connectivity index is 2.18. The average molecular weight is 347 g/mol. The maximum absolute atomic E-state index is 12.6. The zero-order valence-corrected chi connectivity index (χ0v) is 14.6. The number of benzene rings is 1. The topological polar surface area (TPSA) is 70.6 Å². The Kier molecular flexibility index (Phi) is 6.05. The highest BCUT2D eigenvalue weighted by Gasteiger charge is 2.24. The maximum Gasteiger partial charge on any atom is 0.242 e. The first-order chi connectivity index (χ1) is 11.4. The van der Waals surface area contributed by atoms with Crippen LogP contribution in [0.1, 0.15) is 12.5 Å². The van der Waals surface area contributed by atoms with E-state index < -0.39 is 10.0 Å². The second-order valence-corrected chi connectivity index (χ2v) is 7.35. The van der Waals surface area contributed by atoms with Crippen LogP contribution in [0.3, 0.4) is 0 Å². The Morgan fingerprint density at radius 3 is 2.38 bits per heavy atom. The third-order valence-corrected chi connectivity index (χ3v) is 4.74. The number of hydrogen-bond acceptors (Lipinski definition) is 4. The summed E-state index contributed by atoms with van der Waals surface area (Å²) in [4.78, 5) is 18.2. The zero-order chi connectivity index (χ0) is 17.6. The van der Waals surface area contributed by atoms with Gasteiger partial charge in [0.05, 0.1) is 12.8 Å². The molecule has 1 aromatic carbocycles. The molecule has 1 heterocycles. The average Bonchev–Trinajstić information content (AvgIpc) is 2.56. The van der Waals surface area contributed by atoms with Crippen molar-refractivity contribution < 1.29 is 13.2 Å². The van der Waals surface area contributed by atoms with E-state index in [0.29, 0.717) is 6.54 Å². The van der Waals surface area contributed by atoms with E-state index in [1.54, 1.807) is 29.4 Å². The summed E-state index contributed by atoms with van der Waals surface area (Å²) in [7, 11) is -3.52. The summed E-state index contributed by atoms with van der Waals surface area (Å²) in [6.07, 6.45) is 4.32. The minimum atomic E-state index is -3.52. The van der Waals surface area contributed by atoms with Crippen molar-refractivity contribution in [1.29, 1.82) is 0 Å². The fourth-order valence-electron chi connectivity index (χ4n) is 2.33. The van der Waals surface area contributed by atoms with E-state index in [4.69, 9.17) is 0 Å². The van der Waals surface area contributed by atoms with Crippen molar-refractivity contribution >= 4 is 21.6 Å². The van der Waals surface area contributed by atoms with Crippen molar-refractivity contribution in [3.63, 3.8) is 0 Å². The first-order valence-electron chi connectivity index (χ1n) is 7.61. The highest BCUT2D eigenvalue weighted by molar-refractivity contribution is 7.88. The Morgan fingerprint density at radius 2 is 1.83 bits per heavy atom. The molecule has 24 heavy (non-hydrogen) atoms. The first kappa shape index (κ1) is 18.1. The second-order valence-electron chi connectivity index (χ2n) is 5.37. The van der Waals surface area contributed by atoms with Gasteiger partial charge in [-0.25, -0.2) is 8.42 Å². The monoisotopic (exact) mass is 347 g/mol. The molecule has 0 bridgehead atoms. The third-order valence-electron chi connectivity index (χ3n) is 3.55. The molecule has 2 aromatic rings. The Morgan fingerprint density at radius 1 is 1.12 bits per heavy atom. The minimum absolute atomic E-state index is 0.116. The number of nitrogens with zero attached hydrogens (tertiary/aromatic N) is 3. The van der Waals surface area contributed by atoms with Gasteiger partial charge in [0.1, 0.15) is 0 Å². The molecule has 6 nitrogen and oxygen atoms in total. The zero-order valence-electron chi connectivity index (χ0n) is 13.8. The van der Waals surface area contributed by atoms with Gasteiger partial charge in [-0.05, 0) is 30.7 Å². The molecule has 128 valence electrons. The van der Waals surface area contributed by atoms with Gasteiger partial charge >= 0.3 is 0 Å². The summed E-state index contributed by atoms with van der Waals surface area (Å²) >= 11 is 0. The molecule has 0 fully saturated rings. The van der Waals surface area contributed by atoms with E-state index >= 15 is 0 Å². The number of rotatable bonds is 7. The number of hydrogen-bond donors (Lipinski definition) is 0. The van der Waals surface area contributed by atoms with Gasteiger partial charge in [0.15, 0.2) is 0 Å². The van der Waals surface area contributed by atoms with E-state index in [1.165, 1.54) is 0 Å². The molecule has 0 aliphatic heterocycles. The number of aromatic nitrogens is 1. The predicted octanol–water partition coefficient (Wildman–Crippen LogP) is 1.90. The summed E-state index contributed by atoms with van der Waals surface area (Å²) in [5, 5.41) is 0. The smallest absolute Gasteiger partial charge is 0.242 e. The van der Waals surface area contributed by atoms with Crippen LogP contribution in [-0.2, 0) is 21.4 Å². The number of para-hydroxylation sites is 1. The lowest BCUT2D eigenvalue weighted by atomic mass is 10.2. The van der Waals surface area contributed by atoms with Crippen molar-refractivity contribution in [2.24, 2.45) is 0 Å². The summed E-state index contributed by atoms with van der Waals surface area (Å²) < 4.78 is 25.3. The normalized spacial score (nSPS) is 11.5. The fourth-order valence-corrected chi connectivity index (χ4v) is 3.06. The quantitative estimate of drug-likeness (QED) is 0.767. The standard InChI is InChI=1S/C17H21N3O3S/c1-3-20(16-9-5-4-6-10-16)17(21)14-19(24(2,22)23)13-15-8-7-11-18-12-15/h4-12H,3,13-14H2,1-2H3. The molecule has 0 aliphatic rings. The number of sulfonamides is 1. The minimum Gasteiger partial charge on any atom is -0.312 e. The number of anilines is 1. The van der Waals surface area contributed by atoms with Gasteiger partial charge in [-0.2, -0.15) is 4.31 Å². The molecular weight excluding hydrogens is 326 g/mol. The maximum atomic E-state index is 12.6. The van der Waals surface area contributed by atoms with E-state index in [0.717, 1.165) is 21.8 Å². The van der Waals surface area contributed by atoms with Crippen LogP contribution in [0.4, 0.5) is 5.69 Å². The lowest BCUT2D eigenvalue weighted by Crippen LogP contribution is -2.42. The first-order valence-corrected chi connectivity index (χ1v) is 9.46. The molecule has 1 amide bonds. The summed E-state index contributed by atoms with van der Waals surface area (Å²) in [5.74, 6) is -0.266. The van der Waals surface area contributed by atoms with E-state index in [1.807, 2.05) is 37.3 Å². The molecular formula is C17H21N3O3S. The summed E-state index contributed by atoms with van der Waals surface area (Å²) in [6, 6.07) is 12.7. The predicted molar refractivity (Wildman–Crippen MR) is 94.0 cm³/mol. The Hall–Kier alpha value is -2.25. The molecule has 0 saturated heterocycles. The molecule has 0 saturated carbocycles. The van der Waals surface area contributed by atoms with Crippen LogP contribution in [0, 0.1) is 0 Å². The molecule has 7 heteroatoms. The number of carbonyl (C=O) groups excluding carboxylic acids is 1. The van der Waals surface area contributed by atoms with Gasteiger partial charge in [0.2, 0.25) is 15.9 Å². The fraction of sp³-hybridized carbons (Fsp3) is 0.294. The number of likely N-dealkylation sites (N-methyl/N-ethyl adjacent to an activating group) is 1. The Bertz CT molecular complexity index is 764. The summed E-state index contributed by atoms with van der Waals surface area (Å²) in [5.41, 5.74) is 1.48. The SMILES string of the molecule is CCN(C(=O)CN(Cc1cccnc1)S(C)(=O)=O)c1ccccc1. The van der Waals surface area contributed by atoms with E-state index in [-0.39, 0.29) is 19.0 Å². The third kappa shape index (κ3) is 4.87. The number of amides is 1. The Labute approximate surface area is 142 Å². The van der Waals surface area contributed by atoms with Crippen molar-refractivity contribution in [2.75, 3.05) is 24.2 Å².